The summed E-state index contributed by atoms with van der Waals surface area (Å²) in [6.07, 6.45) is 0.832. The fourth-order valence-corrected chi connectivity index (χ4v) is 1.93. The SMILES string of the molecule is CCOc1ccc(CN(C)CC(C#N)CC)cc1F. The maximum Gasteiger partial charge on any atom is 0.165 e. The second-order valence-corrected chi connectivity index (χ2v) is 4.63. The quantitative estimate of drug-likeness (QED) is 0.758. The van der Waals surface area contributed by atoms with Crippen molar-refractivity contribution < 1.29 is 9.13 Å². The normalized spacial score (nSPS) is 12.2. The first-order valence-corrected chi connectivity index (χ1v) is 6.60. The van der Waals surface area contributed by atoms with E-state index in [1.165, 1.54) is 6.07 Å². The van der Waals surface area contributed by atoms with Crippen LogP contribution in [0.4, 0.5) is 4.39 Å². The van der Waals surface area contributed by atoms with Gasteiger partial charge in [0.2, 0.25) is 0 Å². The Labute approximate surface area is 114 Å². The van der Waals surface area contributed by atoms with Crippen LogP contribution < -0.4 is 4.74 Å². The molecule has 4 heteroatoms. The van der Waals surface area contributed by atoms with Gasteiger partial charge in [-0.3, -0.25) is 0 Å². The highest BCUT2D eigenvalue weighted by Gasteiger charge is 2.10. The van der Waals surface area contributed by atoms with Crippen LogP contribution in [0.1, 0.15) is 25.8 Å². The van der Waals surface area contributed by atoms with E-state index < -0.39 is 0 Å². The highest BCUT2D eigenvalue weighted by molar-refractivity contribution is 5.29. The average Bonchev–Trinajstić information content (AvgIpc) is 2.39. The fourth-order valence-electron chi connectivity index (χ4n) is 1.93. The number of hydrogen-bond acceptors (Lipinski definition) is 3. The van der Waals surface area contributed by atoms with Crippen molar-refractivity contribution in [2.45, 2.75) is 26.8 Å². The van der Waals surface area contributed by atoms with Crippen LogP contribution in [0.2, 0.25) is 0 Å². The van der Waals surface area contributed by atoms with Gasteiger partial charge in [0.05, 0.1) is 18.6 Å². The van der Waals surface area contributed by atoms with Crippen LogP contribution in [0, 0.1) is 23.1 Å². The maximum absolute atomic E-state index is 13.7. The van der Waals surface area contributed by atoms with Gasteiger partial charge in [0.25, 0.3) is 0 Å². The number of nitriles is 1. The van der Waals surface area contributed by atoms with Crippen molar-refractivity contribution in [3.8, 4) is 11.8 Å². The molecule has 19 heavy (non-hydrogen) atoms. The van der Waals surface area contributed by atoms with Gasteiger partial charge in [-0.2, -0.15) is 5.26 Å². The minimum atomic E-state index is -0.333. The smallest absolute Gasteiger partial charge is 0.165 e. The zero-order valence-electron chi connectivity index (χ0n) is 11.8. The summed E-state index contributed by atoms with van der Waals surface area (Å²) in [4.78, 5) is 2.03. The Hall–Kier alpha value is -1.60. The summed E-state index contributed by atoms with van der Waals surface area (Å²) in [6, 6.07) is 7.28. The largest absolute Gasteiger partial charge is 0.491 e. The topological polar surface area (TPSA) is 36.3 Å². The molecule has 1 aromatic rings. The molecule has 0 heterocycles. The first-order chi connectivity index (χ1) is 9.10. The Morgan fingerprint density at radius 2 is 2.16 bits per heavy atom. The van der Waals surface area contributed by atoms with Crippen molar-refractivity contribution in [3.05, 3.63) is 29.6 Å². The van der Waals surface area contributed by atoms with E-state index in [-0.39, 0.29) is 17.5 Å². The van der Waals surface area contributed by atoms with E-state index in [0.717, 1.165) is 12.0 Å². The molecule has 0 aliphatic rings. The van der Waals surface area contributed by atoms with Gasteiger partial charge in [-0.05, 0) is 38.1 Å². The predicted molar refractivity (Wildman–Crippen MR) is 73.3 cm³/mol. The fraction of sp³-hybridized carbons (Fsp3) is 0.533. The number of halogens is 1. The molecule has 0 bridgehead atoms. The van der Waals surface area contributed by atoms with Crippen molar-refractivity contribution in [2.24, 2.45) is 5.92 Å². The molecule has 1 unspecified atom stereocenters. The monoisotopic (exact) mass is 264 g/mol. The van der Waals surface area contributed by atoms with E-state index >= 15 is 0 Å². The van der Waals surface area contributed by atoms with Crippen LogP contribution in [0.25, 0.3) is 0 Å². The molecule has 0 amide bonds. The molecule has 1 aromatic carbocycles. The minimum absolute atomic E-state index is 0.0255. The van der Waals surface area contributed by atoms with Crippen LogP contribution >= 0.6 is 0 Å². The van der Waals surface area contributed by atoms with Crippen LogP contribution in [-0.2, 0) is 6.54 Å². The van der Waals surface area contributed by atoms with E-state index in [0.29, 0.717) is 19.7 Å². The maximum atomic E-state index is 13.7. The average molecular weight is 264 g/mol. The lowest BCUT2D eigenvalue weighted by molar-refractivity contribution is 0.290. The molecular formula is C15H21FN2O. The van der Waals surface area contributed by atoms with Crippen molar-refractivity contribution in [1.82, 2.24) is 4.90 Å². The predicted octanol–water partition coefficient (Wildman–Crippen LogP) is 3.21. The van der Waals surface area contributed by atoms with Gasteiger partial charge in [0, 0.05) is 13.1 Å². The molecule has 0 saturated carbocycles. The van der Waals surface area contributed by atoms with Crippen LogP contribution in [0.5, 0.6) is 5.75 Å². The first-order valence-electron chi connectivity index (χ1n) is 6.60. The zero-order chi connectivity index (χ0) is 14.3. The Bertz CT molecular complexity index is 442. The lowest BCUT2D eigenvalue weighted by Gasteiger charge is -2.19. The van der Waals surface area contributed by atoms with E-state index in [4.69, 9.17) is 10.00 Å². The summed E-state index contributed by atoms with van der Waals surface area (Å²) in [6.45, 7) is 5.60. The lowest BCUT2D eigenvalue weighted by atomic mass is 10.1. The number of benzene rings is 1. The molecule has 1 atom stereocenters. The minimum Gasteiger partial charge on any atom is -0.491 e. The summed E-state index contributed by atoms with van der Waals surface area (Å²) in [5.41, 5.74) is 0.885. The number of ether oxygens (including phenoxy) is 1. The number of hydrogen-bond donors (Lipinski definition) is 0. The summed E-state index contributed by atoms with van der Waals surface area (Å²) in [5, 5.41) is 8.93. The zero-order valence-corrected chi connectivity index (χ0v) is 11.8. The number of nitrogens with zero attached hydrogens (tertiary/aromatic N) is 2. The van der Waals surface area contributed by atoms with Crippen LogP contribution in [0.15, 0.2) is 18.2 Å². The van der Waals surface area contributed by atoms with E-state index in [1.807, 2.05) is 31.9 Å². The third kappa shape index (κ3) is 4.88. The van der Waals surface area contributed by atoms with Gasteiger partial charge in [-0.25, -0.2) is 4.39 Å². The molecule has 0 spiro atoms. The van der Waals surface area contributed by atoms with Gasteiger partial charge < -0.3 is 9.64 Å². The lowest BCUT2D eigenvalue weighted by Crippen LogP contribution is -2.24. The molecule has 0 aliphatic heterocycles. The van der Waals surface area contributed by atoms with Crippen molar-refractivity contribution in [2.75, 3.05) is 20.2 Å². The van der Waals surface area contributed by atoms with Crippen LogP contribution in [0.3, 0.4) is 0 Å². The van der Waals surface area contributed by atoms with E-state index in [1.54, 1.807) is 6.07 Å². The molecule has 0 saturated heterocycles. The summed E-state index contributed by atoms with van der Waals surface area (Å²) in [5.74, 6) is -0.0185. The third-order valence-electron chi connectivity index (χ3n) is 2.96. The van der Waals surface area contributed by atoms with Gasteiger partial charge >= 0.3 is 0 Å². The number of rotatable bonds is 7. The first kappa shape index (κ1) is 15.5. The van der Waals surface area contributed by atoms with Gasteiger partial charge in [-0.15, -0.1) is 0 Å². The molecule has 104 valence electrons. The van der Waals surface area contributed by atoms with Gasteiger partial charge in [0.15, 0.2) is 11.6 Å². The Balaban J connectivity index is 2.62. The van der Waals surface area contributed by atoms with Gasteiger partial charge in [-0.1, -0.05) is 13.0 Å². The third-order valence-corrected chi connectivity index (χ3v) is 2.96. The summed E-state index contributed by atoms with van der Waals surface area (Å²) in [7, 11) is 1.94. The van der Waals surface area contributed by atoms with Crippen molar-refractivity contribution in [3.63, 3.8) is 0 Å². The molecule has 0 aliphatic carbocycles. The highest BCUT2D eigenvalue weighted by Crippen LogP contribution is 2.19. The molecule has 0 radical (unpaired) electrons. The van der Waals surface area contributed by atoms with Crippen molar-refractivity contribution >= 4 is 0 Å². The molecule has 0 N–H and O–H groups in total. The molecule has 3 nitrogen and oxygen atoms in total. The molecule has 0 aromatic heterocycles. The van der Waals surface area contributed by atoms with Crippen LogP contribution in [-0.4, -0.2) is 25.1 Å². The summed E-state index contributed by atoms with van der Waals surface area (Å²) >= 11 is 0. The molecule has 1 rings (SSSR count). The van der Waals surface area contributed by atoms with E-state index in [2.05, 4.69) is 6.07 Å². The van der Waals surface area contributed by atoms with Crippen molar-refractivity contribution in [1.29, 1.82) is 5.26 Å². The molecular weight excluding hydrogens is 243 g/mol. The Morgan fingerprint density at radius 3 is 2.68 bits per heavy atom. The summed E-state index contributed by atoms with van der Waals surface area (Å²) < 4.78 is 18.9. The van der Waals surface area contributed by atoms with Gasteiger partial charge in [0.1, 0.15) is 0 Å². The molecule has 0 fully saturated rings. The standard InChI is InChI=1S/C15H21FN2O/c1-4-12(9-17)10-18(3)11-13-6-7-15(19-5-2)14(16)8-13/h6-8,12H,4-5,10-11H2,1-3H3. The second-order valence-electron chi connectivity index (χ2n) is 4.63. The van der Waals surface area contributed by atoms with E-state index in [9.17, 15) is 4.39 Å². The second kappa shape index (κ2) is 7.75. The Morgan fingerprint density at radius 1 is 1.42 bits per heavy atom. The Kier molecular flexibility index (Phi) is 6.31. The highest BCUT2D eigenvalue weighted by atomic mass is 19.1.